The minimum Gasteiger partial charge on any atom is -0.329 e. The summed E-state index contributed by atoms with van der Waals surface area (Å²) in [5.41, 5.74) is 0.966. The molecule has 0 atom stereocenters. The van der Waals surface area contributed by atoms with E-state index in [4.69, 9.17) is 11.6 Å². The van der Waals surface area contributed by atoms with Gasteiger partial charge in [-0.25, -0.2) is 4.79 Å². The van der Waals surface area contributed by atoms with Crippen LogP contribution in [-0.4, -0.2) is 18.8 Å². The number of urea groups is 1. The summed E-state index contributed by atoms with van der Waals surface area (Å²) in [6.07, 6.45) is -4.44. The Morgan fingerprint density at radius 2 is 2.06 bits per heavy atom. The molecule has 2 N–H and O–H groups in total. The van der Waals surface area contributed by atoms with Crippen LogP contribution in [0.2, 0.25) is 5.02 Å². The van der Waals surface area contributed by atoms with Crippen LogP contribution in [0.5, 0.6) is 0 Å². The Bertz CT molecular complexity index is 400. The van der Waals surface area contributed by atoms with Crippen LogP contribution in [0.25, 0.3) is 0 Å². The van der Waals surface area contributed by atoms with Crippen LogP contribution in [0.15, 0.2) is 18.2 Å². The molecule has 0 aromatic heterocycles. The van der Waals surface area contributed by atoms with Crippen molar-refractivity contribution in [3.63, 3.8) is 0 Å². The van der Waals surface area contributed by atoms with Crippen LogP contribution in [0.4, 0.5) is 23.7 Å². The minimum absolute atomic E-state index is 0.271. The molecule has 0 aliphatic heterocycles. The maximum atomic E-state index is 11.8. The molecule has 7 heteroatoms. The highest BCUT2D eigenvalue weighted by atomic mass is 35.5. The third-order valence-electron chi connectivity index (χ3n) is 1.91. The molecule has 94 valence electrons. The second-order valence-corrected chi connectivity index (χ2v) is 3.76. The Labute approximate surface area is 101 Å². The average Bonchev–Trinajstić information content (AvgIpc) is 2.20. The first-order valence-corrected chi connectivity index (χ1v) is 5.04. The van der Waals surface area contributed by atoms with Gasteiger partial charge in [0.15, 0.2) is 0 Å². The molecule has 0 aliphatic carbocycles. The van der Waals surface area contributed by atoms with Crippen molar-refractivity contribution in [3.05, 3.63) is 28.8 Å². The summed E-state index contributed by atoms with van der Waals surface area (Å²) in [4.78, 5) is 11.2. The topological polar surface area (TPSA) is 41.1 Å². The first-order valence-electron chi connectivity index (χ1n) is 4.66. The number of nitrogens with one attached hydrogen (secondary N) is 2. The number of carbonyl (C=O) groups is 1. The van der Waals surface area contributed by atoms with Gasteiger partial charge in [-0.2, -0.15) is 13.2 Å². The second-order valence-electron chi connectivity index (χ2n) is 3.35. The van der Waals surface area contributed by atoms with Crippen LogP contribution in [-0.2, 0) is 0 Å². The van der Waals surface area contributed by atoms with Crippen molar-refractivity contribution < 1.29 is 18.0 Å². The number of benzene rings is 1. The van der Waals surface area contributed by atoms with Crippen LogP contribution in [0.1, 0.15) is 5.56 Å². The van der Waals surface area contributed by atoms with E-state index in [1.54, 1.807) is 24.4 Å². The highest BCUT2D eigenvalue weighted by Gasteiger charge is 2.27. The maximum Gasteiger partial charge on any atom is 0.405 e. The van der Waals surface area contributed by atoms with Gasteiger partial charge >= 0.3 is 12.2 Å². The van der Waals surface area contributed by atoms with Gasteiger partial charge in [-0.05, 0) is 18.6 Å². The van der Waals surface area contributed by atoms with E-state index in [1.807, 2.05) is 0 Å². The van der Waals surface area contributed by atoms with E-state index in [1.165, 1.54) is 6.07 Å². The van der Waals surface area contributed by atoms with Crippen LogP contribution >= 0.6 is 11.6 Å². The molecule has 0 fully saturated rings. The highest BCUT2D eigenvalue weighted by molar-refractivity contribution is 6.33. The van der Waals surface area contributed by atoms with E-state index < -0.39 is 18.8 Å². The van der Waals surface area contributed by atoms with E-state index >= 15 is 0 Å². The summed E-state index contributed by atoms with van der Waals surface area (Å²) in [6, 6.07) is 3.95. The van der Waals surface area contributed by atoms with Gasteiger partial charge in [0.1, 0.15) is 6.54 Å². The first-order chi connectivity index (χ1) is 7.79. The Morgan fingerprint density at radius 3 is 2.59 bits per heavy atom. The standard InChI is InChI=1S/C10H10ClF3N2O/c1-6-3-2-4-7(11)8(6)16-9(17)15-5-10(12,13)14/h2-4H,5H2,1H3,(H2,15,16,17). The van der Waals surface area contributed by atoms with Crippen molar-refractivity contribution in [2.45, 2.75) is 13.1 Å². The summed E-state index contributed by atoms with van der Waals surface area (Å²) >= 11 is 5.80. The van der Waals surface area contributed by atoms with Gasteiger partial charge in [0, 0.05) is 0 Å². The first kappa shape index (κ1) is 13.6. The largest absolute Gasteiger partial charge is 0.405 e. The molecule has 0 unspecified atom stereocenters. The van der Waals surface area contributed by atoms with E-state index in [2.05, 4.69) is 5.32 Å². The van der Waals surface area contributed by atoms with Crippen molar-refractivity contribution in [2.75, 3.05) is 11.9 Å². The van der Waals surface area contributed by atoms with Crippen molar-refractivity contribution in [3.8, 4) is 0 Å². The molecule has 0 aliphatic rings. The molecule has 0 spiro atoms. The Hall–Kier alpha value is -1.43. The number of halogens is 4. The monoisotopic (exact) mass is 266 g/mol. The van der Waals surface area contributed by atoms with Crippen LogP contribution < -0.4 is 10.6 Å². The Balaban J connectivity index is 2.63. The fraction of sp³-hybridized carbons (Fsp3) is 0.300. The lowest BCUT2D eigenvalue weighted by atomic mass is 10.2. The summed E-state index contributed by atoms with van der Waals surface area (Å²) < 4.78 is 35.5. The van der Waals surface area contributed by atoms with Crippen molar-refractivity contribution in [1.29, 1.82) is 0 Å². The van der Waals surface area contributed by atoms with Crippen LogP contribution in [0, 0.1) is 6.92 Å². The number of amides is 2. The third-order valence-corrected chi connectivity index (χ3v) is 2.22. The molecular weight excluding hydrogens is 257 g/mol. The van der Waals surface area contributed by atoms with Gasteiger partial charge in [-0.3, -0.25) is 0 Å². The number of rotatable bonds is 2. The Kier molecular flexibility index (Phi) is 4.22. The molecule has 0 saturated heterocycles. The Morgan fingerprint density at radius 1 is 1.41 bits per heavy atom. The summed E-state index contributed by atoms with van der Waals surface area (Å²) in [5.74, 6) is 0. The smallest absolute Gasteiger partial charge is 0.329 e. The highest BCUT2D eigenvalue weighted by Crippen LogP contribution is 2.25. The van der Waals surface area contributed by atoms with E-state index in [9.17, 15) is 18.0 Å². The van der Waals surface area contributed by atoms with Gasteiger partial charge in [0.25, 0.3) is 0 Å². The number of aryl methyl sites for hydroxylation is 1. The maximum absolute atomic E-state index is 11.8. The zero-order valence-electron chi connectivity index (χ0n) is 8.86. The lowest BCUT2D eigenvalue weighted by Gasteiger charge is -2.12. The number of hydrogen-bond acceptors (Lipinski definition) is 1. The number of para-hydroxylation sites is 1. The summed E-state index contributed by atoms with van der Waals surface area (Å²) in [6.45, 7) is 0.299. The lowest BCUT2D eigenvalue weighted by molar-refractivity contribution is -0.122. The van der Waals surface area contributed by atoms with Gasteiger partial charge in [-0.1, -0.05) is 23.7 Å². The predicted octanol–water partition coefficient (Wildman–Crippen LogP) is 3.33. The fourth-order valence-electron chi connectivity index (χ4n) is 1.13. The predicted molar refractivity (Wildman–Crippen MR) is 59.3 cm³/mol. The summed E-state index contributed by atoms with van der Waals surface area (Å²) in [5, 5.41) is 4.23. The van der Waals surface area contributed by atoms with Gasteiger partial charge in [-0.15, -0.1) is 0 Å². The molecule has 2 amide bonds. The fourth-order valence-corrected chi connectivity index (χ4v) is 1.40. The van der Waals surface area contributed by atoms with E-state index in [0.29, 0.717) is 11.3 Å². The number of hydrogen-bond donors (Lipinski definition) is 2. The molecule has 1 aromatic rings. The second kappa shape index (κ2) is 5.27. The van der Waals surface area contributed by atoms with E-state index in [-0.39, 0.29) is 5.02 Å². The minimum atomic E-state index is -4.44. The molecule has 1 rings (SSSR count). The molecular formula is C10H10ClF3N2O. The van der Waals surface area contributed by atoms with Crippen molar-refractivity contribution in [2.24, 2.45) is 0 Å². The molecule has 1 aromatic carbocycles. The number of alkyl halides is 3. The zero-order chi connectivity index (χ0) is 13.1. The molecule has 0 saturated carbocycles. The van der Waals surface area contributed by atoms with Gasteiger partial charge < -0.3 is 10.6 Å². The summed E-state index contributed by atoms with van der Waals surface area (Å²) in [7, 11) is 0. The molecule has 0 radical (unpaired) electrons. The van der Waals surface area contributed by atoms with Crippen molar-refractivity contribution in [1.82, 2.24) is 5.32 Å². The van der Waals surface area contributed by atoms with Gasteiger partial charge in [0.2, 0.25) is 0 Å². The SMILES string of the molecule is Cc1cccc(Cl)c1NC(=O)NCC(F)(F)F. The van der Waals surface area contributed by atoms with Crippen LogP contribution in [0.3, 0.4) is 0 Å². The molecule has 0 heterocycles. The number of carbonyl (C=O) groups excluding carboxylic acids is 1. The zero-order valence-corrected chi connectivity index (χ0v) is 9.62. The number of anilines is 1. The third kappa shape index (κ3) is 4.52. The van der Waals surface area contributed by atoms with E-state index in [0.717, 1.165) is 0 Å². The van der Waals surface area contributed by atoms with Gasteiger partial charge in [0.05, 0.1) is 10.7 Å². The molecule has 17 heavy (non-hydrogen) atoms. The average molecular weight is 267 g/mol. The molecule has 0 bridgehead atoms. The van der Waals surface area contributed by atoms with Crippen molar-refractivity contribution >= 4 is 23.3 Å². The normalized spacial score (nSPS) is 11.1. The quantitative estimate of drug-likeness (QED) is 0.847. The molecule has 3 nitrogen and oxygen atoms in total. The lowest BCUT2D eigenvalue weighted by Crippen LogP contribution is -2.36.